The Balaban J connectivity index is 1.77. The number of pyridine rings is 1. The van der Waals surface area contributed by atoms with Gasteiger partial charge in [-0.2, -0.15) is 15.0 Å². The van der Waals surface area contributed by atoms with Crippen LogP contribution in [-0.4, -0.2) is 64.9 Å². The lowest BCUT2D eigenvalue weighted by Crippen LogP contribution is -2.28. The van der Waals surface area contributed by atoms with Crippen molar-refractivity contribution in [2.45, 2.75) is 6.54 Å². The smallest absolute Gasteiger partial charge is 0.322 e. The van der Waals surface area contributed by atoms with Gasteiger partial charge in [-0.05, 0) is 6.07 Å². The molecule has 1 aliphatic rings. The van der Waals surface area contributed by atoms with E-state index in [1.165, 1.54) is 22.0 Å². The number of aryl methyl sites for hydroxylation is 1. The summed E-state index contributed by atoms with van der Waals surface area (Å²) < 4.78 is 22.2. The van der Waals surface area contributed by atoms with Crippen LogP contribution in [0.3, 0.4) is 0 Å². The number of hydrogen-bond acceptors (Lipinski definition) is 7. The minimum atomic E-state index is -2.68. The van der Waals surface area contributed by atoms with E-state index in [0.717, 1.165) is 22.6 Å². The quantitative estimate of drug-likeness (QED) is 0.570. The van der Waals surface area contributed by atoms with Gasteiger partial charge >= 0.3 is 6.03 Å². The predicted octanol–water partition coefficient (Wildman–Crippen LogP) is 2.02. The zero-order valence-electron chi connectivity index (χ0n) is 21.1. The number of fused-ring (bicyclic) bond motifs is 3. The van der Waals surface area contributed by atoms with E-state index in [1.54, 1.807) is 21.1 Å². The van der Waals surface area contributed by atoms with Gasteiger partial charge < -0.3 is 20.4 Å². The molecule has 1 aromatic carbocycles. The molecule has 11 heteroatoms. The van der Waals surface area contributed by atoms with Crippen molar-refractivity contribution in [3.8, 4) is 11.3 Å². The molecule has 0 unspecified atom stereocenters. The first-order valence-electron chi connectivity index (χ1n) is 11.3. The van der Waals surface area contributed by atoms with E-state index in [0.29, 0.717) is 12.2 Å². The van der Waals surface area contributed by atoms with Gasteiger partial charge in [-0.15, -0.1) is 0 Å². The maximum Gasteiger partial charge on any atom is 0.322 e. The second-order valence-corrected chi connectivity index (χ2v) is 7.56. The molecule has 0 radical (unpaired) electrons. The molecule has 3 amide bonds. The lowest BCUT2D eigenvalue weighted by atomic mass is 10.0. The van der Waals surface area contributed by atoms with E-state index in [-0.39, 0.29) is 17.1 Å². The molecule has 3 N–H and O–H groups in total. The summed E-state index contributed by atoms with van der Waals surface area (Å²) in [7, 11) is 6.84. The number of para-hydroxylation sites is 1. The highest BCUT2D eigenvalue weighted by Crippen LogP contribution is 2.42. The topological polar surface area (TPSA) is 120 Å². The molecule has 0 aliphatic carbocycles. The molecule has 2 aromatic heterocycles. The van der Waals surface area contributed by atoms with E-state index in [1.807, 2.05) is 35.5 Å². The Bertz CT molecular complexity index is 1300. The Morgan fingerprint density at radius 2 is 2.00 bits per heavy atom. The van der Waals surface area contributed by atoms with Gasteiger partial charge in [-0.25, -0.2) is 9.78 Å². The number of rotatable bonds is 4. The van der Waals surface area contributed by atoms with Gasteiger partial charge in [0.25, 0.3) is 5.91 Å². The molecule has 11 nitrogen and oxygen atoms in total. The summed E-state index contributed by atoms with van der Waals surface area (Å²) in [6.07, 6.45) is 1.22. The number of aromatic nitrogens is 4. The molecule has 3 aromatic rings. The van der Waals surface area contributed by atoms with Crippen molar-refractivity contribution >= 4 is 34.8 Å². The third-order valence-electron chi connectivity index (χ3n) is 5.02. The van der Waals surface area contributed by atoms with Crippen LogP contribution < -0.4 is 20.9 Å². The lowest BCUT2D eigenvalue weighted by Gasteiger charge is -2.29. The first kappa shape index (κ1) is 17.5. The Morgan fingerprint density at radius 1 is 1.19 bits per heavy atom. The molecule has 3 heterocycles. The summed E-state index contributed by atoms with van der Waals surface area (Å²) in [6, 6.07) is 6.68. The summed E-state index contributed by atoms with van der Waals surface area (Å²) in [5.74, 6) is -0.647. The standard InChI is InChI=1S/C21H25N9O2/c1-22-20(31)13-10-23-17(25-21(32)28(2)3)9-15(13)24-14-8-6-7-12-18-16(26-30(5)27-18)11-29(4)19(12)14/h6-10H,11H2,1-5H3,(H,22,31)(H2,23,24,25,32)/i1D3. The van der Waals surface area contributed by atoms with Crippen molar-refractivity contribution in [3.63, 3.8) is 0 Å². The van der Waals surface area contributed by atoms with Crippen LogP contribution in [-0.2, 0) is 13.6 Å². The monoisotopic (exact) mass is 438 g/mol. The zero-order valence-corrected chi connectivity index (χ0v) is 18.1. The Hall–Kier alpha value is -4.15. The molecule has 4 rings (SSSR count). The average molecular weight is 439 g/mol. The van der Waals surface area contributed by atoms with Gasteiger partial charge in [0.05, 0.1) is 29.2 Å². The highest BCUT2D eigenvalue weighted by Gasteiger charge is 2.27. The molecule has 0 bridgehead atoms. The molecule has 0 saturated heterocycles. The molecule has 166 valence electrons. The third kappa shape index (κ3) is 3.80. The van der Waals surface area contributed by atoms with E-state index in [4.69, 9.17) is 4.11 Å². The number of anilines is 4. The highest BCUT2D eigenvalue weighted by molar-refractivity contribution is 6.02. The van der Waals surface area contributed by atoms with Gasteiger partial charge in [0, 0.05) is 57.1 Å². The molecule has 0 saturated carbocycles. The van der Waals surface area contributed by atoms with Crippen molar-refractivity contribution in [3.05, 3.63) is 41.7 Å². The fourth-order valence-electron chi connectivity index (χ4n) is 3.55. The Kier molecular flexibility index (Phi) is 4.48. The third-order valence-corrected chi connectivity index (χ3v) is 5.02. The Morgan fingerprint density at radius 3 is 2.75 bits per heavy atom. The van der Waals surface area contributed by atoms with E-state index in [9.17, 15) is 9.59 Å². The number of nitrogens with one attached hydrogen (secondary N) is 3. The van der Waals surface area contributed by atoms with Crippen molar-refractivity contribution in [2.24, 2.45) is 7.05 Å². The Labute approximate surface area is 189 Å². The lowest BCUT2D eigenvalue weighted by molar-refractivity contribution is 0.0963. The number of amides is 3. The highest BCUT2D eigenvalue weighted by atomic mass is 16.2. The maximum absolute atomic E-state index is 12.8. The normalized spacial score (nSPS) is 13.8. The molecule has 0 fully saturated rings. The molecule has 0 spiro atoms. The zero-order chi connectivity index (χ0) is 25.5. The summed E-state index contributed by atoms with van der Waals surface area (Å²) in [6.45, 7) is -2.15. The van der Waals surface area contributed by atoms with Crippen LogP contribution in [0.25, 0.3) is 11.3 Å². The second-order valence-electron chi connectivity index (χ2n) is 7.56. The van der Waals surface area contributed by atoms with Gasteiger partial charge in [0.15, 0.2) is 0 Å². The molecule has 32 heavy (non-hydrogen) atoms. The minimum absolute atomic E-state index is 0.000217. The first-order chi connectivity index (χ1) is 16.4. The van der Waals surface area contributed by atoms with Crippen molar-refractivity contribution < 1.29 is 13.7 Å². The van der Waals surface area contributed by atoms with Crippen LogP contribution >= 0.6 is 0 Å². The van der Waals surface area contributed by atoms with Gasteiger partial charge in [0.2, 0.25) is 0 Å². The van der Waals surface area contributed by atoms with Crippen molar-refractivity contribution in [1.82, 2.24) is 30.2 Å². The largest absolute Gasteiger partial charge is 0.366 e. The van der Waals surface area contributed by atoms with Crippen LogP contribution in [0, 0.1) is 0 Å². The summed E-state index contributed by atoms with van der Waals surface area (Å²) in [4.78, 5) is 33.9. The molecule has 0 atom stereocenters. The van der Waals surface area contributed by atoms with E-state index >= 15 is 0 Å². The SMILES string of the molecule is [2H]C([2H])([2H])NC(=O)c1cnc(NC(=O)N(C)C)cc1Nc1cccc2c1N(C)Cc1nn(C)nc1-2. The van der Waals surface area contributed by atoms with Gasteiger partial charge in [-0.1, -0.05) is 12.1 Å². The van der Waals surface area contributed by atoms with Crippen LogP contribution in [0.1, 0.15) is 20.2 Å². The fraction of sp³-hybridized carbons (Fsp3) is 0.286. The second kappa shape index (κ2) is 8.17. The van der Waals surface area contributed by atoms with Gasteiger partial charge in [0.1, 0.15) is 17.2 Å². The molecular formula is C21H25N9O2. The van der Waals surface area contributed by atoms with Crippen LogP contribution in [0.2, 0.25) is 0 Å². The van der Waals surface area contributed by atoms with Crippen molar-refractivity contribution in [2.75, 3.05) is 43.7 Å². The number of nitrogens with zero attached hydrogens (tertiary/aromatic N) is 6. The number of hydrogen-bond donors (Lipinski definition) is 3. The van der Waals surface area contributed by atoms with Crippen molar-refractivity contribution in [1.29, 1.82) is 0 Å². The van der Waals surface area contributed by atoms with Crippen LogP contribution in [0.4, 0.5) is 27.7 Å². The van der Waals surface area contributed by atoms with Gasteiger partial charge in [-0.3, -0.25) is 10.1 Å². The fourth-order valence-corrected chi connectivity index (χ4v) is 3.55. The maximum atomic E-state index is 12.8. The predicted molar refractivity (Wildman–Crippen MR) is 122 cm³/mol. The first-order valence-corrected chi connectivity index (χ1v) is 9.75. The van der Waals surface area contributed by atoms with E-state index in [2.05, 4.69) is 25.8 Å². The average Bonchev–Trinajstić information content (AvgIpc) is 3.12. The van der Waals surface area contributed by atoms with Crippen LogP contribution in [0.5, 0.6) is 0 Å². The molecular weight excluding hydrogens is 410 g/mol. The number of carbonyl (C=O) groups excluding carboxylic acids is 2. The number of urea groups is 1. The summed E-state index contributed by atoms with van der Waals surface area (Å²) in [5.41, 5.74) is 4.21. The van der Waals surface area contributed by atoms with E-state index < -0.39 is 18.9 Å². The summed E-state index contributed by atoms with van der Waals surface area (Å²) in [5, 5.41) is 16.8. The number of benzene rings is 1. The minimum Gasteiger partial charge on any atom is -0.366 e. The van der Waals surface area contributed by atoms with Crippen LogP contribution in [0.15, 0.2) is 30.5 Å². The number of carbonyl (C=O) groups is 2. The molecule has 1 aliphatic heterocycles. The summed E-state index contributed by atoms with van der Waals surface area (Å²) >= 11 is 0.